The lowest BCUT2D eigenvalue weighted by molar-refractivity contribution is -0.119. The van der Waals surface area contributed by atoms with Gasteiger partial charge in [-0.05, 0) is 42.0 Å². The normalized spacial score (nSPS) is 11.1. The number of hydrogen-bond donors (Lipinski definition) is 1. The number of hydrogen-bond acceptors (Lipinski definition) is 6. The summed E-state index contributed by atoms with van der Waals surface area (Å²) in [5.74, 6) is 1.79. The van der Waals surface area contributed by atoms with Crippen LogP contribution in [-0.2, 0) is 20.6 Å². The molecule has 1 N–H and O–H groups in total. The number of ether oxygens (including phenoxy) is 2. The zero-order valence-corrected chi connectivity index (χ0v) is 21.8. The van der Waals surface area contributed by atoms with Gasteiger partial charge >= 0.3 is 0 Å². The van der Waals surface area contributed by atoms with Crippen molar-refractivity contribution in [2.45, 2.75) is 10.6 Å². The molecule has 0 spiro atoms. The number of nitrogens with zero attached hydrogens (tertiary/aromatic N) is 1. The van der Waals surface area contributed by atoms with Crippen molar-refractivity contribution in [3.8, 4) is 11.5 Å². The summed E-state index contributed by atoms with van der Waals surface area (Å²) in [5.41, 5.74) is 1.52. The minimum absolute atomic E-state index is 0.0312. The lowest BCUT2D eigenvalue weighted by Crippen LogP contribution is -2.41. The van der Waals surface area contributed by atoms with Crippen LogP contribution in [0.5, 0.6) is 11.5 Å². The Labute approximate surface area is 215 Å². The van der Waals surface area contributed by atoms with Gasteiger partial charge in [0.1, 0.15) is 6.54 Å². The number of anilines is 1. The summed E-state index contributed by atoms with van der Waals surface area (Å²) in [7, 11) is -1.21. The monoisotopic (exact) mass is 534 g/mol. The Morgan fingerprint density at radius 1 is 0.971 bits per heavy atom. The van der Waals surface area contributed by atoms with Crippen molar-refractivity contribution < 1.29 is 22.7 Å². The molecular weight excluding hydrogens is 508 g/mol. The van der Waals surface area contributed by atoms with Crippen LogP contribution < -0.4 is 19.1 Å². The van der Waals surface area contributed by atoms with E-state index in [9.17, 15) is 13.2 Å². The molecule has 0 bridgehead atoms. The first-order valence-corrected chi connectivity index (χ1v) is 13.7. The number of thioether (sulfide) groups is 1. The van der Waals surface area contributed by atoms with E-state index in [1.54, 1.807) is 36.0 Å². The maximum Gasteiger partial charge on any atom is 0.264 e. The van der Waals surface area contributed by atoms with Gasteiger partial charge in [-0.25, -0.2) is 8.42 Å². The highest BCUT2D eigenvalue weighted by Crippen LogP contribution is 2.32. The molecule has 0 radical (unpaired) electrons. The molecule has 0 unspecified atom stereocenters. The van der Waals surface area contributed by atoms with Gasteiger partial charge in [0, 0.05) is 29.1 Å². The Morgan fingerprint density at radius 2 is 1.66 bits per heavy atom. The minimum Gasteiger partial charge on any atom is -0.493 e. The Morgan fingerprint density at radius 3 is 2.31 bits per heavy atom. The van der Waals surface area contributed by atoms with E-state index in [1.165, 1.54) is 38.0 Å². The number of rotatable bonds is 12. The average molecular weight is 535 g/mol. The summed E-state index contributed by atoms with van der Waals surface area (Å²) in [6.07, 6.45) is 0. The van der Waals surface area contributed by atoms with E-state index >= 15 is 0 Å². The smallest absolute Gasteiger partial charge is 0.264 e. The van der Waals surface area contributed by atoms with Gasteiger partial charge in [0.05, 0.1) is 24.8 Å². The number of halogens is 1. The van der Waals surface area contributed by atoms with Crippen LogP contribution in [0.15, 0.2) is 77.7 Å². The number of carbonyl (C=O) groups is 1. The SMILES string of the molecule is COc1ccc(S(=O)(=O)N(CC(=O)NCCSCc2ccccc2)c2ccc(Cl)cc2)cc1OC. The van der Waals surface area contributed by atoms with E-state index in [2.05, 4.69) is 17.4 Å². The van der Waals surface area contributed by atoms with Crippen LogP contribution in [0.4, 0.5) is 5.69 Å². The molecule has 35 heavy (non-hydrogen) atoms. The fraction of sp³-hybridized carbons (Fsp3) is 0.240. The van der Waals surface area contributed by atoms with Crippen LogP contribution >= 0.6 is 23.4 Å². The molecule has 186 valence electrons. The third-order valence-corrected chi connectivity index (χ3v) is 8.08. The maximum absolute atomic E-state index is 13.6. The molecule has 3 rings (SSSR count). The predicted octanol–water partition coefficient (Wildman–Crippen LogP) is 4.60. The third kappa shape index (κ3) is 7.30. The Hall–Kier alpha value is -2.88. The molecule has 1 amide bonds. The number of methoxy groups -OCH3 is 2. The van der Waals surface area contributed by atoms with Gasteiger partial charge in [0.2, 0.25) is 5.91 Å². The van der Waals surface area contributed by atoms with E-state index in [4.69, 9.17) is 21.1 Å². The molecule has 0 fully saturated rings. The van der Waals surface area contributed by atoms with Crippen molar-refractivity contribution in [3.63, 3.8) is 0 Å². The summed E-state index contributed by atoms with van der Waals surface area (Å²) < 4.78 is 38.6. The molecule has 0 saturated carbocycles. The van der Waals surface area contributed by atoms with Crippen molar-refractivity contribution in [1.29, 1.82) is 0 Å². The summed E-state index contributed by atoms with van der Waals surface area (Å²) in [6, 6.07) is 20.6. The lowest BCUT2D eigenvalue weighted by Gasteiger charge is -2.24. The first-order valence-electron chi connectivity index (χ1n) is 10.7. The number of amides is 1. The van der Waals surface area contributed by atoms with E-state index in [-0.39, 0.29) is 17.2 Å². The van der Waals surface area contributed by atoms with E-state index in [0.29, 0.717) is 28.8 Å². The van der Waals surface area contributed by atoms with Gasteiger partial charge in [-0.1, -0.05) is 41.9 Å². The molecule has 0 heterocycles. The third-order valence-electron chi connectivity index (χ3n) is 5.02. The standard InChI is InChI=1S/C25H27ClN2O5S2/c1-32-23-13-12-22(16-24(23)33-2)35(30,31)28(21-10-8-20(26)9-11-21)17-25(29)27-14-15-34-18-19-6-4-3-5-7-19/h3-13,16H,14-15,17-18H2,1-2H3,(H,27,29). The van der Waals surface area contributed by atoms with Crippen molar-refractivity contribution in [1.82, 2.24) is 5.32 Å². The van der Waals surface area contributed by atoms with Crippen molar-refractivity contribution in [2.24, 2.45) is 0 Å². The number of benzene rings is 3. The molecule has 3 aromatic carbocycles. The fourth-order valence-corrected chi connectivity index (χ4v) is 5.62. The molecule has 0 aromatic heterocycles. The quantitative estimate of drug-likeness (QED) is 0.342. The van der Waals surface area contributed by atoms with Crippen LogP contribution in [-0.4, -0.2) is 47.4 Å². The zero-order chi connectivity index (χ0) is 25.3. The van der Waals surface area contributed by atoms with Gasteiger partial charge in [-0.3, -0.25) is 9.10 Å². The molecule has 0 saturated heterocycles. The first kappa shape index (κ1) is 26.7. The molecule has 3 aromatic rings. The second-order valence-corrected chi connectivity index (χ2v) is 10.8. The second-order valence-electron chi connectivity index (χ2n) is 7.39. The molecule has 0 atom stereocenters. The van der Waals surface area contributed by atoms with Crippen LogP contribution in [0.25, 0.3) is 0 Å². The van der Waals surface area contributed by atoms with E-state index < -0.39 is 15.9 Å². The number of sulfonamides is 1. The molecule has 0 aliphatic heterocycles. The number of carbonyl (C=O) groups excluding carboxylic acids is 1. The highest BCUT2D eigenvalue weighted by Gasteiger charge is 2.28. The topological polar surface area (TPSA) is 84.9 Å². The molecule has 7 nitrogen and oxygen atoms in total. The van der Waals surface area contributed by atoms with Gasteiger partial charge in [0.15, 0.2) is 11.5 Å². The summed E-state index contributed by atoms with van der Waals surface area (Å²) in [6.45, 7) is 0.0306. The van der Waals surface area contributed by atoms with E-state index in [1.807, 2.05) is 18.2 Å². The minimum atomic E-state index is -4.10. The largest absolute Gasteiger partial charge is 0.493 e. The lowest BCUT2D eigenvalue weighted by atomic mass is 10.2. The molecule has 0 aliphatic rings. The predicted molar refractivity (Wildman–Crippen MR) is 141 cm³/mol. The summed E-state index contributed by atoms with van der Waals surface area (Å²) in [5, 5.41) is 3.26. The zero-order valence-electron chi connectivity index (χ0n) is 19.4. The Kier molecular flexibility index (Phi) is 9.71. The van der Waals surface area contributed by atoms with Crippen molar-refractivity contribution in [2.75, 3.05) is 37.4 Å². The second kappa shape index (κ2) is 12.7. The molecule has 0 aliphatic carbocycles. The summed E-state index contributed by atoms with van der Waals surface area (Å²) in [4.78, 5) is 12.7. The first-order chi connectivity index (χ1) is 16.8. The fourth-order valence-electron chi connectivity index (χ4n) is 3.24. The highest BCUT2D eigenvalue weighted by atomic mass is 35.5. The van der Waals surface area contributed by atoms with Crippen LogP contribution in [0, 0.1) is 0 Å². The van der Waals surface area contributed by atoms with Crippen LogP contribution in [0.3, 0.4) is 0 Å². The van der Waals surface area contributed by atoms with Gasteiger partial charge in [0.25, 0.3) is 10.0 Å². The van der Waals surface area contributed by atoms with Gasteiger partial charge < -0.3 is 14.8 Å². The Balaban J connectivity index is 1.72. The molecule has 10 heteroatoms. The van der Waals surface area contributed by atoms with Crippen LogP contribution in [0.2, 0.25) is 5.02 Å². The van der Waals surface area contributed by atoms with Gasteiger partial charge in [-0.2, -0.15) is 11.8 Å². The summed E-state index contributed by atoms with van der Waals surface area (Å²) >= 11 is 7.68. The molecular formula is C25H27ClN2O5S2. The van der Waals surface area contributed by atoms with Crippen molar-refractivity contribution >= 4 is 45.0 Å². The van der Waals surface area contributed by atoms with Crippen LogP contribution in [0.1, 0.15) is 5.56 Å². The Bertz CT molecular complexity index is 1220. The number of nitrogens with one attached hydrogen (secondary N) is 1. The van der Waals surface area contributed by atoms with Crippen molar-refractivity contribution in [3.05, 3.63) is 83.4 Å². The highest BCUT2D eigenvalue weighted by molar-refractivity contribution is 7.98. The van der Waals surface area contributed by atoms with E-state index in [0.717, 1.165) is 10.1 Å². The maximum atomic E-state index is 13.6. The van der Waals surface area contributed by atoms with Gasteiger partial charge in [-0.15, -0.1) is 0 Å². The average Bonchev–Trinajstić information content (AvgIpc) is 2.87.